The van der Waals surface area contributed by atoms with Crippen molar-refractivity contribution in [3.8, 4) is 5.88 Å². The van der Waals surface area contributed by atoms with Crippen LogP contribution < -0.4 is 10.1 Å². The van der Waals surface area contributed by atoms with Gasteiger partial charge in [-0.15, -0.1) is 0 Å². The maximum Gasteiger partial charge on any atom is 0.218 e. The van der Waals surface area contributed by atoms with Crippen LogP contribution in [0.5, 0.6) is 5.88 Å². The number of aromatic amines is 1. The molecule has 2 rings (SSSR count). The topological polar surface area (TPSA) is 88.6 Å². The molecule has 2 heterocycles. The first-order valence-electron chi connectivity index (χ1n) is 5.41. The summed E-state index contributed by atoms with van der Waals surface area (Å²) in [6.07, 6.45) is 3.88. The Balaban J connectivity index is 1.91. The standard InChI is InChI=1S/C10H14N6O/c1-2-3-17-10-4-8(12-6-14-10)11-5-9-13-7-15-16-9/h4,6-7H,2-3,5H2,1H3,(H,11,12,14)(H,13,15,16). The van der Waals surface area contributed by atoms with Crippen molar-refractivity contribution in [3.63, 3.8) is 0 Å². The third kappa shape index (κ3) is 3.40. The van der Waals surface area contributed by atoms with Crippen LogP contribution in [0.1, 0.15) is 19.2 Å². The summed E-state index contributed by atoms with van der Waals surface area (Å²) < 4.78 is 5.41. The van der Waals surface area contributed by atoms with Crippen LogP contribution >= 0.6 is 0 Å². The van der Waals surface area contributed by atoms with Crippen LogP contribution in [0.4, 0.5) is 5.82 Å². The van der Waals surface area contributed by atoms with Crippen molar-refractivity contribution >= 4 is 5.82 Å². The molecule has 0 unspecified atom stereocenters. The fourth-order valence-corrected chi connectivity index (χ4v) is 1.21. The van der Waals surface area contributed by atoms with Gasteiger partial charge in [-0.3, -0.25) is 5.10 Å². The Morgan fingerprint density at radius 1 is 1.29 bits per heavy atom. The largest absolute Gasteiger partial charge is 0.478 e. The van der Waals surface area contributed by atoms with Crippen molar-refractivity contribution in [2.24, 2.45) is 0 Å². The summed E-state index contributed by atoms with van der Waals surface area (Å²) in [7, 11) is 0. The van der Waals surface area contributed by atoms with Gasteiger partial charge in [0.2, 0.25) is 5.88 Å². The first-order chi connectivity index (χ1) is 8.38. The Bertz CT molecular complexity index is 444. The van der Waals surface area contributed by atoms with Crippen LogP contribution in [0.3, 0.4) is 0 Å². The van der Waals surface area contributed by atoms with Gasteiger partial charge in [-0.05, 0) is 6.42 Å². The molecule has 2 aromatic heterocycles. The van der Waals surface area contributed by atoms with Gasteiger partial charge in [-0.1, -0.05) is 6.92 Å². The Morgan fingerprint density at radius 2 is 2.24 bits per heavy atom. The number of rotatable bonds is 6. The number of aromatic nitrogens is 5. The predicted molar refractivity (Wildman–Crippen MR) is 61.5 cm³/mol. The molecule has 7 heteroatoms. The fraction of sp³-hybridized carbons (Fsp3) is 0.400. The monoisotopic (exact) mass is 234 g/mol. The average molecular weight is 234 g/mol. The quantitative estimate of drug-likeness (QED) is 0.775. The van der Waals surface area contributed by atoms with Crippen molar-refractivity contribution in [2.75, 3.05) is 11.9 Å². The van der Waals surface area contributed by atoms with Crippen molar-refractivity contribution < 1.29 is 4.74 Å². The van der Waals surface area contributed by atoms with E-state index in [0.717, 1.165) is 12.2 Å². The second kappa shape index (κ2) is 5.78. The lowest BCUT2D eigenvalue weighted by atomic mass is 10.5. The van der Waals surface area contributed by atoms with Crippen LogP contribution in [-0.4, -0.2) is 31.8 Å². The van der Waals surface area contributed by atoms with E-state index in [0.29, 0.717) is 24.8 Å². The van der Waals surface area contributed by atoms with E-state index in [-0.39, 0.29) is 0 Å². The maximum absolute atomic E-state index is 5.41. The zero-order valence-corrected chi connectivity index (χ0v) is 9.55. The normalized spacial score (nSPS) is 10.2. The third-order valence-electron chi connectivity index (χ3n) is 2.00. The minimum Gasteiger partial charge on any atom is -0.478 e. The van der Waals surface area contributed by atoms with Gasteiger partial charge in [-0.25, -0.2) is 15.0 Å². The van der Waals surface area contributed by atoms with Crippen LogP contribution in [0.2, 0.25) is 0 Å². The van der Waals surface area contributed by atoms with Crippen molar-refractivity contribution in [2.45, 2.75) is 19.9 Å². The zero-order chi connectivity index (χ0) is 11.9. The van der Waals surface area contributed by atoms with E-state index < -0.39 is 0 Å². The molecule has 0 aliphatic carbocycles. The molecular weight excluding hydrogens is 220 g/mol. The first-order valence-corrected chi connectivity index (χ1v) is 5.41. The highest BCUT2D eigenvalue weighted by atomic mass is 16.5. The summed E-state index contributed by atoms with van der Waals surface area (Å²) in [5.74, 6) is 2.02. The highest BCUT2D eigenvalue weighted by Crippen LogP contribution is 2.11. The number of hydrogen-bond donors (Lipinski definition) is 2. The molecule has 0 aromatic carbocycles. The van der Waals surface area contributed by atoms with Gasteiger partial charge in [0.15, 0.2) is 0 Å². The Labute approximate surface area is 98.7 Å². The summed E-state index contributed by atoms with van der Waals surface area (Å²) in [5, 5.41) is 9.62. The van der Waals surface area contributed by atoms with Gasteiger partial charge < -0.3 is 10.1 Å². The predicted octanol–water partition coefficient (Wildman–Crippen LogP) is 0.996. The van der Waals surface area contributed by atoms with E-state index in [9.17, 15) is 0 Å². The molecule has 2 aromatic rings. The molecule has 0 bridgehead atoms. The van der Waals surface area contributed by atoms with E-state index in [1.54, 1.807) is 6.07 Å². The third-order valence-corrected chi connectivity index (χ3v) is 2.00. The van der Waals surface area contributed by atoms with Crippen LogP contribution in [0.15, 0.2) is 18.7 Å². The molecule has 0 aliphatic rings. The van der Waals surface area contributed by atoms with E-state index >= 15 is 0 Å². The Hall–Kier alpha value is -2.18. The smallest absolute Gasteiger partial charge is 0.218 e. The van der Waals surface area contributed by atoms with E-state index in [2.05, 4.69) is 30.5 Å². The Morgan fingerprint density at radius 3 is 3.00 bits per heavy atom. The van der Waals surface area contributed by atoms with Crippen molar-refractivity contribution in [1.82, 2.24) is 25.1 Å². The van der Waals surface area contributed by atoms with E-state index in [1.807, 2.05) is 6.92 Å². The number of nitrogens with one attached hydrogen (secondary N) is 2. The fourth-order valence-electron chi connectivity index (χ4n) is 1.21. The summed E-state index contributed by atoms with van der Waals surface area (Å²) in [6, 6.07) is 1.76. The van der Waals surface area contributed by atoms with Gasteiger partial charge in [0.25, 0.3) is 0 Å². The highest BCUT2D eigenvalue weighted by Gasteiger charge is 2.00. The molecule has 0 saturated heterocycles. The summed E-state index contributed by atoms with van der Waals surface area (Å²) >= 11 is 0. The lowest BCUT2D eigenvalue weighted by Crippen LogP contribution is -2.04. The summed E-state index contributed by atoms with van der Waals surface area (Å²) in [6.45, 7) is 3.23. The number of hydrogen-bond acceptors (Lipinski definition) is 6. The van der Waals surface area contributed by atoms with Crippen molar-refractivity contribution in [3.05, 3.63) is 24.5 Å². The average Bonchev–Trinajstić information content (AvgIpc) is 2.87. The number of nitrogens with zero attached hydrogens (tertiary/aromatic N) is 4. The SMILES string of the molecule is CCCOc1cc(NCc2ncn[nH]2)ncn1. The van der Waals surface area contributed by atoms with E-state index in [4.69, 9.17) is 4.74 Å². The number of anilines is 1. The molecule has 0 amide bonds. The first kappa shape index (κ1) is 11.3. The molecule has 0 aliphatic heterocycles. The molecule has 0 spiro atoms. The molecule has 90 valence electrons. The number of H-pyrrole nitrogens is 1. The van der Waals surface area contributed by atoms with Crippen LogP contribution in [0.25, 0.3) is 0 Å². The minimum atomic E-state index is 0.532. The molecule has 0 fully saturated rings. The van der Waals surface area contributed by atoms with Gasteiger partial charge in [0, 0.05) is 6.07 Å². The molecule has 0 atom stereocenters. The molecule has 7 nitrogen and oxygen atoms in total. The molecule has 0 saturated carbocycles. The summed E-state index contributed by atoms with van der Waals surface area (Å²) in [4.78, 5) is 12.1. The molecule has 2 N–H and O–H groups in total. The molecule has 17 heavy (non-hydrogen) atoms. The second-order valence-electron chi connectivity index (χ2n) is 3.38. The lowest BCUT2D eigenvalue weighted by Gasteiger charge is -2.06. The highest BCUT2D eigenvalue weighted by molar-refractivity contribution is 5.36. The zero-order valence-electron chi connectivity index (χ0n) is 9.55. The molecule has 0 radical (unpaired) electrons. The van der Waals surface area contributed by atoms with Gasteiger partial charge in [0.1, 0.15) is 24.3 Å². The van der Waals surface area contributed by atoms with Gasteiger partial charge >= 0.3 is 0 Å². The Kier molecular flexibility index (Phi) is 3.85. The lowest BCUT2D eigenvalue weighted by molar-refractivity contribution is 0.305. The maximum atomic E-state index is 5.41. The van der Waals surface area contributed by atoms with Crippen molar-refractivity contribution in [1.29, 1.82) is 0 Å². The minimum absolute atomic E-state index is 0.532. The second-order valence-corrected chi connectivity index (χ2v) is 3.38. The van der Waals surface area contributed by atoms with Crippen LogP contribution in [0, 0.1) is 0 Å². The summed E-state index contributed by atoms with van der Waals surface area (Å²) in [5.41, 5.74) is 0. The number of ether oxygens (including phenoxy) is 1. The van der Waals surface area contributed by atoms with Gasteiger partial charge in [0.05, 0.1) is 13.2 Å². The molecular formula is C10H14N6O. The van der Waals surface area contributed by atoms with Gasteiger partial charge in [-0.2, -0.15) is 5.10 Å². The van der Waals surface area contributed by atoms with Crippen LogP contribution in [-0.2, 0) is 6.54 Å². The van der Waals surface area contributed by atoms with E-state index in [1.165, 1.54) is 12.7 Å².